The second-order valence-electron chi connectivity index (χ2n) is 3.19. The second-order valence-corrected chi connectivity index (χ2v) is 3.19. The molecule has 0 radical (unpaired) electrons. The van der Waals surface area contributed by atoms with Crippen LogP contribution >= 0.6 is 0 Å². The van der Waals surface area contributed by atoms with Crippen LogP contribution in [0.5, 0.6) is 0 Å². The lowest BCUT2D eigenvalue weighted by Crippen LogP contribution is -2.47. The van der Waals surface area contributed by atoms with Crippen LogP contribution in [-0.4, -0.2) is 29.2 Å². The maximum absolute atomic E-state index is 11.1. The van der Waals surface area contributed by atoms with Crippen molar-refractivity contribution in [1.29, 1.82) is 0 Å². The average molecular weight is 200 g/mol. The summed E-state index contributed by atoms with van der Waals surface area (Å²) in [6.45, 7) is 7.01. The van der Waals surface area contributed by atoms with E-state index >= 15 is 0 Å². The van der Waals surface area contributed by atoms with Gasteiger partial charge >= 0.3 is 12.0 Å². The standard InChI is InChI=1S/C9H16N2O3/c1-4-5-7(8(12)13)11-9(14)10-6(2)3/h4,6-7H,1,5H2,2-3H3,(H,12,13)(H2,10,11,14). The largest absolute Gasteiger partial charge is 0.480 e. The van der Waals surface area contributed by atoms with E-state index < -0.39 is 18.0 Å². The van der Waals surface area contributed by atoms with Crippen molar-refractivity contribution in [3.63, 3.8) is 0 Å². The fourth-order valence-corrected chi connectivity index (χ4v) is 0.850. The molecule has 1 unspecified atom stereocenters. The Kier molecular flexibility index (Phi) is 5.36. The minimum Gasteiger partial charge on any atom is -0.480 e. The summed E-state index contributed by atoms with van der Waals surface area (Å²) in [5, 5.41) is 13.6. The predicted octanol–water partition coefficient (Wildman–Crippen LogP) is 0.723. The van der Waals surface area contributed by atoms with Crippen molar-refractivity contribution in [3.05, 3.63) is 12.7 Å². The molecule has 0 aromatic carbocycles. The van der Waals surface area contributed by atoms with E-state index in [2.05, 4.69) is 17.2 Å². The number of nitrogens with one attached hydrogen (secondary N) is 2. The molecule has 0 spiro atoms. The van der Waals surface area contributed by atoms with E-state index in [0.29, 0.717) is 0 Å². The molecule has 0 aromatic rings. The molecule has 3 N–H and O–H groups in total. The van der Waals surface area contributed by atoms with Gasteiger partial charge in [0.25, 0.3) is 0 Å². The van der Waals surface area contributed by atoms with Gasteiger partial charge in [0.05, 0.1) is 0 Å². The van der Waals surface area contributed by atoms with Crippen molar-refractivity contribution in [2.45, 2.75) is 32.4 Å². The number of carboxylic acid groups (broad SMARTS) is 1. The monoisotopic (exact) mass is 200 g/mol. The minimum atomic E-state index is -1.07. The fraction of sp³-hybridized carbons (Fsp3) is 0.556. The van der Waals surface area contributed by atoms with Gasteiger partial charge in [-0.05, 0) is 20.3 Å². The molecule has 5 heteroatoms. The zero-order valence-electron chi connectivity index (χ0n) is 8.41. The van der Waals surface area contributed by atoms with E-state index in [1.807, 2.05) is 0 Å². The Hall–Kier alpha value is -1.52. The van der Waals surface area contributed by atoms with Crippen LogP contribution in [0.3, 0.4) is 0 Å². The van der Waals surface area contributed by atoms with E-state index in [1.54, 1.807) is 13.8 Å². The first-order valence-electron chi connectivity index (χ1n) is 4.38. The van der Waals surface area contributed by atoms with Crippen molar-refractivity contribution in [2.75, 3.05) is 0 Å². The molecule has 2 amide bonds. The molecular formula is C9H16N2O3. The summed E-state index contributed by atoms with van der Waals surface area (Å²) in [5.74, 6) is -1.07. The van der Waals surface area contributed by atoms with Crippen LogP contribution in [0.1, 0.15) is 20.3 Å². The van der Waals surface area contributed by atoms with Gasteiger partial charge in [0.15, 0.2) is 0 Å². The minimum absolute atomic E-state index is 0.0202. The Labute approximate surface area is 83.2 Å². The zero-order chi connectivity index (χ0) is 11.1. The summed E-state index contributed by atoms with van der Waals surface area (Å²) in [6.07, 6.45) is 1.66. The number of urea groups is 1. The van der Waals surface area contributed by atoms with Crippen molar-refractivity contribution in [3.8, 4) is 0 Å². The first-order valence-corrected chi connectivity index (χ1v) is 4.38. The Morgan fingerprint density at radius 3 is 2.36 bits per heavy atom. The van der Waals surface area contributed by atoms with Crippen LogP contribution in [-0.2, 0) is 4.79 Å². The van der Waals surface area contributed by atoms with Crippen LogP contribution in [0.4, 0.5) is 4.79 Å². The molecular weight excluding hydrogens is 184 g/mol. The van der Waals surface area contributed by atoms with Crippen LogP contribution in [0, 0.1) is 0 Å². The van der Waals surface area contributed by atoms with Gasteiger partial charge in [0, 0.05) is 6.04 Å². The predicted molar refractivity (Wildman–Crippen MR) is 53.0 cm³/mol. The van der Waals surface area contributed by atoms with E-state index in [4.69, 9.17) is 5.11 Å². The van der Waals surface area contributed by atoms with E-state index in [0.717, 1.165) is 0 Å². The number of rotatable bonds is 5. The van der Waals surface area contributed by atoms with Crippen LogP contribution in [0.25, 0.3) is 0 Å². The van der Waals surface area contributed by atoms with Crippen LogP contribution in [0.2, 0.25) is 0 Å². The molecule has 0 aliphatic rings. The lowest BCUT2D eigenvalue weighted by Gasteiger charge is -2.14. The summed E-state index contributed by atoms with van der Waals surface area (Å²) < 4.78 is 0. The van der Waals surface area contributed by atoms with Gasteiger partial charge in [0.2, 0.25) is 0 Å². The summed E-state index contributed by atoms with van der Waals surface area (Å²) in [5.41, 5.74) is 0. The Morgan fingerprint density at radius 1 is 1.43 bits per heavy atom. The van der Waals surface area contributed by atoms with Gasteiger partial charge in [-0.25, -0.2) is 9.59 Å². The lowest BCUT2D eigenvalue weighted by molar-refractivity contribution is -0.139. The van der Waals surface area contributed by atoms with Gasteiger partial charge in [-0.3, -0.25) is 0 Å². The zero-order valence-corrected chi connectivity index (χ0v) is 8.41. The van der Waals surface area contributed by atoms with Crippen LogP contribution < -0.4 is 10.6 Å². The number of carbonyl (C=O) groups excluding carboxylic acids is 1. The third-order valence-electron chi connectivity index (χ3n) is 1.43. The molecule has 0 aliphatic heterocycles. The van der Waals surface area contributed by atoms with E-state index in [-0.39, 0.29) is 12.5 Å². The summed E-state index contributed by atoms with van der Waals surface area (Å²) >= 11 is 0. The van der Waals surface area contributed by atoms with Gasteiger partial charge < -0.3 is 15.7 Å². The highest BCUT2D eigenvalue weighted by Gasteiger charge is 2.17. The molecule has 0 rings (SSSR count). The van der Waals surface area contributed by atoms with Crippen molar-refractivity contribution < 1.29 is 14.7 Å². The molecule has 5 nitrogen and oxygen atoms in total. The first-order chi connectivity index (χ1) is 6.47. The molecule has 0 aliphatic carbocycles. The first kappa shape index (κ1) is 12.5. The molecule has 0 aromatic heterocycles. The van der Waals surface area contributed by atoms with E-state index in [9.17, 15) is 9.59 Å². The smallest absolute Gasteiger partial charge is 0.326 e. The average Bonchev–Trinajstić information content (AvgIpc) is 2.01. The number of hydrogen-bond donors (Lipinski definition) is 3. The maximum atomic E-state index is 11.1. The molecule has 0 fully saturated rings. The topological polar surface area (TPSA) is 78.4 Å². The molecule has 1 atom stereocenters. The molecule has 0 saturated heterocycles. The Bertz CT molecular complexity index is 226. The van der Waals surface area contributed by atoms with Crippen LogP contribution in [0.15, 0.2) is 12.7 Å². The quantitative estimate of drug-likeness (QED) is 0.572. The molecule has 0 saturated carbocycles. The lowest BCUT2D eigenvalue weighted by atomic mass is 10.2. The Balaban J connectivity index is 4.09. The van der Waals surface area contributed by atoms with Crippen molar-refractivity contribution in [2.24, 2.45) is 0 Å². The van der Waals surface area contributed by atoms with E-state index in [1.165, 1.54) is 6.08 Å². The fourth-order valence-electron chi connectivity index (χ4n) is 0.850. The molecule has 0 heterocycles. The number of hydrogen-bond acceptors (Lipinski definition) is 2. The third-order valence-corrected chi connectivity index (χ3v) is 1.43. The molecule has 80 valence electrons. The van der Waals surface area contributed by atoms with Gasteiger partial charge in [-0.2, -0.15) is 0 Å². The van der Waals surface area contributed by atoms with Gasteiger partial charge in [-0.1, -0.05) is 6.08 Å². The number of carboxylic acids is 1. The normalized spacial score (nSPS) is 11.9. The maximum Gasteiger partial charge on any atom is 0.326 e. The Morgan fingerprint density at radius 2 is 2.00 bits per heavy atom. The highest BCUT2D eigenvalue weighted by atomic mass is 16.4. The number of aliphatic carboxylic acids is 1. The number of carbonyl (C=O) groups is 2. The van der Waals surface area contributed by atoms with Crippen molar-refractivity contribution >= 4 is 12.0 Å². The summed E-state index contributed by atoms with van der Waals surface area (Å²) in [7, 11) is 0. The SMILES string of the molecule is C=CCC(NC(=O)NC(C)C)C(=O)O. The number of amides is 2. The second kappa shape index (κ2) is 6.01. The molecule has 0 bridgehead atoms. The highest BCUT2D eigenvalue weighted by molar-refractivity contribution is 5.82. The third kappa shape index (κ3) is 5.18. The van der Waals surface area contributed by atoms with Gasteiger partial charge in [0.1, 0.15) is 6.04 Å². The van der Waals surface area contributed by atoms with Crippen molar-refractivity contribution in [1.82, 2.24) is 10.6 Å². The highest BCUT2D eigenvalue weighted by Crippen LogP contribution is 1.93. The molecule has 14 heavy (non-hydrogen) atoms. The summed E-state index contributed by atoms with van der Waals surface area (Å²) in [4.78, 5) is 21.7. The summed E-state index contributed by atoms with van der Waals surface area (Å²) in [6, 6.07) is -1.41. The van der Waals surface area contributed by atoms with Gasteiger partial charge in [-0.15, -0.1) is 6.58 Å².